The molecule has 0 atom stereocenters. The second-order valence-corrected chi connectivity index (χ2v) is 5.59. The number of nitrogens with zero attached hydrogens (tertiary/aromatic N) is 3. The van der Waals surface area contributed by atoms with E-state index < -0.39 is 0 Å². The minimum absolute atomic E-state index is 0.864. The topological polar surface area (TPSA) is 18.8 Å². The molecule has 0 amide bonds. The minimum Gasteiger partial charge on any atom is -0.380 e. The van der Waals surface area contributed by atoms with Gasteiger partial charge in [-0.1, -0.05) is 54.6 Å². The van der Waals surface area contributed by atoms with Gasteiger partial charge in [0, 0.05) is 23.4 Å². The standard InChI is InChI=1S/C18H13BN3/c1-2-9-15-13(7-1)14-8-3-4-10-16(14)22-18(15)20-17-11-5-6-12-21(17)19-22/h1-11H,12H2. The largest absolute Gasteiger partial charge is 0.399 e. The number of hydrogen-bond donors (Lipinski definition) is 0. The zero-order valence-electron chi connectivity index (χ0n) is 12.0. The fraction of sp³-hybridized carbons (Fsp3) is 0.0556. The first-order chi connectivity index (χ1) is 10.9. The summed E-state index contributed by atoms with van der Waals surface area (Å²) in [6.07, 6.45) is 6.28. The normalized spacial score (nSPS) is 17.5. The Labute approximate surface area is 130 Å². The van der Waals surface area contributed by atoms with Crippen LogP contribution in [-0.2, 0) is 0 Å². The van der Waals surface area contributed by atoms with Gasteiger partial charge in [-0.15, -0.1) is 0 Å². The molecule has 0 aliphatic carbocycles. The molecule has 0 saturated heterocycles. The highest BCUT2D eigenvalue weighted by atomic mass is 15.3. The average Bonchev–Trinajstić information content (AvgIpc) is 2.61. The van der Waals surface area contributed by atoms with Gasteiger partial charge in [0.15, 0.2) is 0 Å². The van der Waals surface area contributed by atoms with Crippen molar-refractivity contribution in [3.8, 4) is 11.1 Å². The molecule has 3 aliphatic rings. The summed E-state index contributed by atoms with van der Waals surface area (Å²) in [4.78, 5) is 9.29. The molecule has 0 aromatic heterocycles. The molecule has 5 rings (SSSR count). The third kappa shape index (κ3) is 1.55. The third-order valence-corrected chi connectivity index (χ3v) is 4.30. The molecular formula is C18H13BN3. The fourth-order valence-corrected chi connectivity index (χ4v) is 3.27. The Morgan fingerprint density at radius 3 is 2.59 bits per heavy atom. The van der Waals surface area contributed by atoms with Crippen molar-refractivity contribution >= 4 is 19.1 Å². The van der Waals surface area contributed by atoms with Crippen LogP contribution in [0.25, 0.3) is 11.1 Å². The molecule has 0 fully saturated rings. The van der Waals surface area contributed by atoms with Crippen LogP contribution in [0.5, 0.6) is 0 Å². The predicted molar refractivity (Wildman–Crippen MR) is 90.6 cm³/mol. The number of amidine groups is 1. The Morgan fingerprint density at radius 1 is 0.909 bits per heavy atom. The molecule has 0 N–H and O–H groups in total. The first kappa shape index (κ1) is 11.9. The van der Waals surface area contributed by atoms with Gasteiger partial charge in [-0.05, 0) is 17.7 Å². The number of hydrogen-bond acceptors (Lipinski definition) is 3. The Hall–Kier alpha value is -2.75. The molecule has 1 radical (unpaired) electrons. The van der Waals surface area contributed by atoms with E-state index in [0.29, 0.717) is 0 Å². The van der Waals surface area contributed by atoms with E-state index in [2.05, 4.69) is 83.9 Å². The maximum absolute atomic E-state index is 4.91. The van der Waals surface area contributed by atoms with Gasteiger partial charge >= 0.3 is 7.55 Å². The van der Waals surface area contributed by atoms with E-state index in [-0.39, 0.29) is 0 Å². The van der Waals surface area contributed by atoms with Gasteiger partial charge in [-0.2, -0.15) is 0 Å². The van der Waals surface area contributed by atoms with Crippen LogP contribution >= 0.6 is 0 Å². The molecule has 3 nitrogen and oxygen atoms in total. The van der Waals surface area contributed by atoms with Gasteiger partial charge < -0.3 is 9.62 Å². The van der Waals surface area contributed by atoms with E-state index in [0.717, 1.165) is 18.2 Å². The number of allylic oxidation sites excluding steroid dienone is 2. The average molecular weight is 282 g/mol. The fourth-order valence-electron chi connectivity index (χ4n) is 3.27. The Kier molecular flexibility index (Phi) is 2.36. The maximum atomic E-state index is 4.91. The first-order valence-electron chi connectivity index (χ1n) is 7.47. The second-order valence-electron chi connectivity index (χ2n) is 5.59. The van der Waals surface area contributed by atoms with Crippen LogP contribution in [0.3, 0.4) is 0 Å². The highest BCUT2D eigenvalue weighted by molar-refractivity contribution is 6.52. The molecule has 3 aliphatic heterocycles. The van der Waals surface area contributed by atoms with E-state index >= 15 is 0 Å². The van der Waals surface area contributed by atoms with Crippen molar-refractivity contribution in [2.75, 3.05) is 11.4 Å². The summed E-state index contributed by atoms with van der Waals surface area (Å²) in [5.41, 5.74) is 4.89. The van der Waals surface area contributed by atoms with E-state index in [1.807, 2.05) is 0 Å². The summed E-state index contributed by atoms with van der Waals surface area (Å²) in [7, 11) is 2.16. The van der Waals surface area contributed by atoms with Gasteiger partial charge in [0.1, 0.15) is 11.7 Å². The molecule has 0 spiro atoms. The van der Waals surface area contributed by atoms with Gasteiger partial charge in [0.25, 0.3) is 0 Å². The quantitative estimate of drug-likeness (QED) is 0.691. The lowest BCUT2D eigenvalue weighted by Gasteiger charge is -2.41. The van der Waals surface area contributed by atoms with Crippen molar-refractivity contribution in [1.29, 1.82) is 0 Å². The lowest BCUT2D eigenvalue weighted by molar-refractivity contribution is 0.579. The molecule has 2 aromatic carbocycles. The molecule has 22 heavy (non-hydrogen) atoms. The molecule has 0 saturated carbocycles. The predicted octanol–water partition coefficient (Wildman–Crippen LogP) is 3.18. The molecule has 103 valence electrons. The van der Waals surface area contributed by atoms with Crippen molar-refractivity contribution < 1.29 is 0 Å². The Bertz CT molecular complexity index is 866. The lowest BCUT2D eigenvalue weighted by atomic mass is 9.86. The maximum Gasteiger partial charge on any atom is 0.399 e. The number of para-hydroxylation sites is 1. The van der Waals surface area contributed by atoms with Crippen LogP contribution in [0.1, 0.15) is 5.56 Å². The number of rotatable bonds is 0. The summed E-state index contributed by atoms with van der Waals surface area (Å²) in [5.74, 6) is 2.01. The highest BCUT2D eigenvalue weighted by Crippen LogP contribution is 2.40. The Balaban J connectivity index is 1.80. The van der Waals surface area contributed by atoms with E-state index in [9.17, 15) is 0 Å². The molecular weight excluding hydrogens is 269 g/mol. The van der Waals surface area contributed by atoms with Crippen molar-refractivity contribution in [3.63, 3.8) is 0 Å². The summed E-state index contributed by atoms with van der Waals surface area (Å²) >= 11 is 0. The smallest absolute Gasteiger partial charge is 0.380 e. The number of aliphatic imine (C=N–C) groups is 1. The minimum atomic E-state index is 0.864. The van der Waals surface area contributed by atoms with E-state index in [4.69, 9.17) is 4.99 Å². The summed E-state index contributed by atoms with van der Waals surface area (Å²) in [6, 6.07) is 17.0. The summed E-state index contributed by atoms with van der Waals surface area (Å²) in [6.45, 7) is 0.864. The number of benzene rings is 2. The van der Waals surface area contributed by atoms with Crippen LogP contribution in [0.15, 0.2) is 77.6 Å². The van der Waals surface area contributed by atoms with E-state index in [1.165, 1.54) is 22.4 Å². The van der Waals surface area contributed by atoms with Crippen molar-refractivity contribution in [1.82, 2.24) is 4.81 Å². The van der Waals surface area contributed by atoms with Gasteiger partial charge in [0.2, 0.25) is 0 Å². The van der Waals surface area contributed by atoms with Crippen molar-refractivity contribution in [2.24, 2.45) is 4.99 Å². The van der Waals surface area contributed by atoms with Crippen LogP contribution in [0.2, 0.25) is 0 Å². The van der Waals surface area contributed by atoms with Gasteiger partial charge in [0.05, 0.1) is 0 Å². The van der Waals surface area contributed by atoms with Gasteiger partial charge in [-0.3, -0.25) is 0 Å². The molecule has 3 heterocycles. The van der Waals surface area contributed by atoms with E-state index in [1.54, 1.807) is 0 Å². The SMILES string of the molecule is [B]1N2CC=CC=C2N=C2c3ccccc3-c3ccccc3N12. The van der Waals surface area contributed by atoms with Crippen LogP contribution in [0.4, 0.5) is 5.69 Å². The zero-order chi connectivity index (χ0) is 14.5. The molecule has 4 heteroatoms. The zero-order valence-corrected chi connectivity index (χ0v) is 12.0. The van der Waals surface area contributed by atoms with Crippen LogP contribution < -0.4 is 4.81 Å². The molecule has 0 bridgehead atoms. The van der Waals surface area contributed by atoms with Crippen LogP contribution in [0, 0.1) is 0 Å². The summed E-state index contributed by atoms with van der Waals surface area (Å²) in [5, 5.41) is 0. The second kappa shape index (κ2) is 4.37. The Morgan fingerprint density at radius 2 is 1.68 bits per heavy atom. The summed E-state index contributed by atoms with van der Waals surface area (Å²) < 4.78 is 0. The molecule has 2 aromatic rings. The highest BCUT2D eigenvalue weighted by Gasteiger charge is 2.34. The van der Waals surface area contributed by atoms with Crippen LogP contribution in [-0.4, -0.2) is 24.7 Å². The molecule has 0 unspecified atom stereocenters. The lowest BCUT2D eigenvalue weighted by Crippen LogP contribution is -2.50. The number of fused-ring (bicyclic) bond motifs is 7. The monoisotopic (exact) mass is 282 g/mol. The number of anilines is 1. The first-order valence-corrected chi connectivity index (χ1v) is 7.47. The van der Waals surface area contributed by atoms with Crippen molar-refractivity contribution in [2.45, 2.75) is 0 Å². The van der Waals surface area contributed by atoms with Gasteiger partial charge in [-0.25, -0.2) is 4.99 Å². The third-order valence-electron chi connectivity index (χ3n) is 4.30. The van der Waals surface area contributed by atoms with Crippen molar-refractivity contribution in [3.05, 3.63) is 78.1 Å².